The Morgan fingerprint density at radius 1 is 0.783 bits per heavy atom. The molecule has 0 saturated heterocycles. The Hall–Kier alpha value is -2.39. The van der Waals surface area contributed by atoms with Crippen molar-refractivity contribution in [3.8, 4) is 11.1 Å². The summed E-state index contributed by atoms with van der Waals surface area (Å²) in [4.78, 5) is 5.30. The van der Waals surface area contributed by atoms with Crippen LogP contribution in [0.25, 0.3) is 11.1 Å². The predicted molar refractivity (Wildman–Crippen MR) is 97.3 cm³/mol. The molecule has 1 radical (unpaired) electrons. The van der Waals surface area contributed by atoms with E-state index >= 15 is 0 Å². The monoisotopic (exact) mass is 364 g/mol. The molecule has 0 unspecified atom stereocenters. The van der Waals surface area contributed by atoms with Crippen LogP contribution in [0.1, 0.15) is 11.1 Å². The van der Waals surface area contributed by atoms with Gasteiger partial charge >= 0.3 is 0 Å². The van der Waals surface area contributed by atoms with Gasteiger partial charge in [0.15, 0.2) is 0 Å². The molecule has 0 bridgehead atoms. The van der Waals surface area contributed by atoms with Crippen LogP contribution in [0, 0.1) is 0 Å². The summed E-state index contributed by atoms with van der Waals surface area (Å²) in [5.41, 5.74) is 4.36. The van der Waals surface area contributed by atoms with Crippen LogP contribution >= 0.6 is 15.9 Å². The van der Waals surface area contributed by atoms with Gasteiger partial charge < -0.3 is 4.84 Å². The normalized spacial score (nSPS) is 10.8. The van der Waals surface area contributed by atoms with Crippen molar-refractivity contribution in [2.24, 2.45) is 5.16 Å². The van der Waals surface area contributed by atoms with Gasteiger partial charge in [-0.05, 0) is 28.8 Å². The molecule has 0 fully saturated rings. The van der Waals surface area contributed by atoms with Crippen LogP contribution in [0.3, 0.4) is 0 Å². The van der Waals surface area contributed by atoms with Crippen molar-refractivity contribution in [2.45, 2.75) is 6.61 Å². The smallest absolute Gasteiger partial charge is 0.142 e. The van der Waals surface area contributed by atoms with Crippen LogP contribution in [0.2, 0.25) is 0 Å². The summed E-state index contributed by atoms with van der Waals surface area (Å²) in [6, 6.07) is 26.3. The highest BCUT2D eigenvalue weighted by Gasteiger charge is 1.98. The number of nitrogens with zero attached hydrogens (tertiary/aromatic N) is 1. The minimum Gasteiger partial charge on any atom is -0.390 e. The zero-order valence-electron chi connectivity index (χ0n) is 12.4. The maximum Gasteiger partial charge on any atom is 0.142 e. The summed E-state index contributed by atoms with van der Waals surface area (Å²) in [5, 5.41) is 3.88. The lowest BCUT2D eigenvalue weighted by Crippen LogP contribution is -1.88. The van der Waals surface area contributed by atoms with Crippen molar-refractivity contribution in [1.82, 2.24) is 0 Å². The van der Waals surface area contributed by atoms with Crippen molar-refractivity contribution < 1.29 is 4.84 Å². The van der Waals surface area contributed by atoms with Gasteiger partial charge in [-0.25, -0.2) is 0 Å². The van der Waals surface area contributed by atoms with E-state index in [1.54, 1.807) is 0 Å². The molecule has 0 aromatic heterocycles. The molecule has 0 aliphatic rings. The molecule has 0 saturated carbocycles. The fourth-order valence-electron chi connectivity index (χ4n) is 2.14. The van der Waals surface area contributed by atoms with Crippen molar-refractivity contribution in [2.75, 3.05) is 0 Å². The number of hydrogen-bond donors (Lipinski definition) is 0. The van der Waals surface area contributed by atoms with Gasteiger partial charge in [0.2, 0.25) is 0 Å². The van der Waals surface area contributed by atoms with E-state index in [2.05, 4.69) is 63.7 Å². The second kappa shape index (κ2) is 7.75. The Balaban J connectivity index is 1.55. The third-order valence-corrected chi connectivity index (χ3v) is 3.90. The number of rotatable bonds is 5. The maximum absolute atomic E-state index is 5.30. The molecule has 0 heterocycles. The van der Waals surface area contributed by atoms with E-state index in [9.17, 15) is 0 Å². The average Bonchev–Trinajstić information content (AvgIpc) is 2.62. The molecule has 2 nitrogen and oxygen atoms in total. The van der Waals surface area contributed by atoms with Gasteiger partial charge in [0.1, 0.15) is 12.8 Å². The second-order valence-electron chi connectivity index (χ2n) is 5.05. The Morgan fingerprint density at radius 2 is 1.43 bits per heavy atom. The number of benzene rings is 3. The van der Waals surface area contributed by atoms with E-state index < -0.39 is 0 Å². The molecule has 3 aromatic carbocycles. The van der Waals surface area contributed by atoms with Gasteiger partial charge in [-0.3, -0.25) is 0 Å². The van der Waals surface area contributed by atoms with Crippen LogP contribution < -0.4 is 0 Å². The molecule has 0 spiro atoms. The first-order chi connectivity index (χ1) is 11.3. The fourth-order valence-corrected chi connectivity index (χ4v) is 2.40. The van der Waals surface area contributed by atoms with E-state index in [-0.39, 0.29) is 0 Å². The van der Waals surface area contributed by atoms with E-state index in [1.807, 2.05) is 42.5 Å². The van der Waals surface area contributed by atoms with Gasteiger partial charge in [-0.2, -0.15) is 0 Å². The second-order valence-corrected chi connectivity index (χ2v) is 5.96. The lowest BCUT2D eigenvalue weighted by molar-refractivity contribution is 0.132. The van der Waals surface area contributed by atoms with Gasteiger partial charge in [-0.1, -0.05) is 87.8 Å². The summed E-state index contributed by atoms with van der Waals surface area (Å²) in [6.45, 7) is 0.429. The standard InChI is InChI=1S/C20H15BrNO/c21-20-12-8-16(9-13-20)14-22-23-15-17-6-10-19(11-7-17)18-4-2-1-3-5-18/h1-13H,15H2. The van der Waals surface area contributed by atoms with Crippen LogP contribution in [0.5, 0.6) is 0 Å². The Morgan fingerprint density at radius 3 is 2.13 bits per heavy atom. The quantitative estimate of drug-likeness (QED) is 0.430. The van der Waals surface area contributed by atoms with Crippen molar-refractivity contribution in [3.63, 3.8) is 0 Å². The van der Waals surface area contributed by atoms with Gasteiger partial charge in [0, 0.05) is 10.0 Å². The van der Waals surface area contributed by atoms with Crippen LogP contribution in [0.4, 0.5) is 0 Å². The molecular weight excluding hydrogens is 350 g/mol. The van der Waals surface area contributed by atoms with Crippen molar-refractivity contribution >= 4 is 22.1 Å². The first kappa shape index (κ1) is 15.5. The zero-order valence-corrected chi connectivity index (χ0v) is 14.0. The first-order valence-corrected chi connectivity index (χ1v) is 8.08. The molecule has 0 amide bonds. The predicted octanol–water partition coefficient (Wildman–Crippen LogP) is 5.54. The minimum atomic E-state index is 0.429. The molecule has 23 heavy (non-hydrogen) atoms. The molecule has 3 heteroatoms. The van der Waals surface area contributed by atoms with Crippen molar-refractivity contribution in [1.29, 1.82) is 0 Å². The summed E-state index contributed by atoms with van der Waals surface area (Å²) < 4.78 is 1.03. The molecule has 0 aliphatic carbocycles. The highest BCUT2D eigenvalue weighted by molar-refractivity contribution is 9.10. The molecule has 0 aliphatic heterocycles. The average molecular weight is 365 g/mol. The van der Waals surface area contributed by atoms with Gasteiger partial charge in [0.05, 0.1) is 0 Å². The summed E-state index contributed by atoms with van der Waals surface area (Å²) in [5.74, 6) is 0. The van der Waals surface area contributed by atoms with Crippen molar-refractivity contribution in [3.05, 3.63) is 94.5 Å². The molecule has 113 valence electrons. The van der Waals surface area contributed by atoms with E-state index in [0.717, 1.165) is 15.6 Å². The number of hydrogen-bond acceptors (Lipinski definition) is 2. The van der Waals surface area contributed by atoms with E-state index in [1.165, 1.54) is 11.1 Å². The van der Waals surface area contributed by atoms with Crippen LogP contribution in [0.15, 0.2) is 88.5 Å². The Kier molecular flexibility index (Phi) is 5.22. The molecule has 3 aromatic rings. The summed E-state index contributed by atoms with van der Waals surface area (Å²) in [6.07, 6.45) is 2.86. The maximum atomic E-state index is 5.30. The molecule has 3 rings (SSSR count). The van der Waals surface area contributed by atoms with E-state index in [4.69, 9.17) is 4.84 Å². The van der Waals surface area contributed by atoms with E-state index in [0.29, 0.717) is 6.61 Å². The summed E-state index contributed by atoms with van der Waals surface area (Å²) >= 11 is 3.39. The lowest BCUT2D eigenvalue weighted by Gasteiger charge is -2.03. The SMILES string of the molecule is Brc1ccc(/[C]=N\OCc2ccc(-c3ccccc3)cc2)cc1. The minimum absolute atomic E-state index is 0.429. The molecule has 0 atom stereocenters. The first-order valence-electron chi connectivity index (χ1n) is 7.29. The Labute approximate surface area is 144 Å². The molecular formula is C20H15BrNO. The zero-order chi connectivity index (χ0) is 15.9. The Bertz CT molecular complexity index is 765. The third kappa shape index (κ3) is 4.54. The third-order valence-electron chi connectivity index (χ3n) is 3.38. The topological polar surface area (TPSA) is 21.6 Å². The van der Waals surface area contributed by atoms with Crippen LogP contribution in [-0.4, -0.2) is 6.21 Å². The number of halogens is 1. The van der Waals surface area contributed by atoms with Crippen LogP contribution in [-0.2, 0) is 11.4 Å². The molecule has 0 N–H and O–H groups in total. The highest BCUT2D eigenvalue weighted by Crippen LogP contribution is 2.19. The summed E-state index contributed by atoms with van der Waals surface area (Å²) in [7, 11) is 0. The van der Waals surface area contributed by atoms with Gasteiger partial charge in [-0.15, -0.1) is 0 Å². The fraction of sp³-hybridized carbons (Fsp3) is 0.0500. The highest BCUT2D eigenvalue weighted by atomic mass is 79.9. The largest absolute Gasteiger partial charge is 0.390 e. The van der Waals surface area contributed by atoms with Gasteiger partial charge in [0.25, 0.3) is 0 Å². The lowest BCUT2D eigenvalue weighted by atomic mass is 10.0.